The summed E-state index contributed by atoms with van der Waals surface area (Å²) in [7, 11) is 1.54. The van der Waals surface area contributed by atoms with Gasteiger partial charge in [0.1, 0.15) is 11.9 Å². The van der Waals surface area contributed by atoms with Crippen molar-refractivity contribution in [1.82, 2.24) is 0 Å². The average molecular weight is 236 g/mol. The van der Waals surface area contributed by atoms with Gasteiger partial charge in [0.25, 0.3) is 17.4 Å². The van der Waals surface area contributed by atoms with E-state index in [4.69, 9.17) is 20.9 Å². The average Bonchev–Trinajstić information content (AvgIpc) is 3.06. The van der Waals surface area contributed by atoms with Gasteiger partial charge in [0.05, 0.1) is 7.11 Å². The molecule has 0 saturated carbocycles. The monoisotopic (exact) mass is 236 g/mol. The number of nitrogens with two attached hydrogens (primary N) is 2. The van der Waals surface area contributed by atoms with Crippen LogP contribution in [0.3, 0.4) is 0 Å². The second-order valence-electron chi connectivity index (χ2n) is 3.74. The van der Waals surface area contributed by atoms with Crippen LogP contribution in [0.15, 0.2) is 24.3 Å². The fourth-order valence-electron chi connectivity index (χ4n) is 1.73. The van der Waals surface area contributed by atoms with E-state index in [1.807, 2.05) is 0 Å². The number of hydrogen-bond acceptors (Lipinski definition) is 4. The fraction of sp³-hybridized carbons (Fsp3) is 0.273. The highest BCUT2D eigenvalue weighted by atomic mass is 16.6. The van der Waals surface area contributed by atoms with E-state index in [2.05, 4.69) is 0 Å². The van der Waals surface area contributed by atoms with Crippen LogP contribution < -0.4 is 16.2 Å². The maximum absolute atomic E-state index is 11.2. The summed E-state index contributed by atoms with van der Waals surface area (Å²) in [5, 5.41) is 0. The number of primary amides is 2. The smallest absolute Gasteiger partial charge is 0.262 e. The molecule has 4 N–H and O–H groups in total. The topological polar surface area (TPSA) is 108 Å². The number of amides is 2. The van der Waals surface area contributed by atoms with Crippen LogP contribution in [-0.4, -0.2) is 24.5 Å². The van der Waals surface area contributed by atoms with Gasteiger partial charge in [-0.05, 0) is 17.7 Å². The first-order chi connectivity index (χ1) is 8.02. The van der Waals surface area contributed by atoms with Crippen LogP contribution >= 0.6 is 0 Å². The zero-order valence-corrected chi connectivity index (χ0v) is 9.17. The first kappa shape index (κ1) is 11.4. The van der Waals surface area contributed by atoms with Crippen LogP contribution in [-0.2, 0) is 14.3 Å². The highest BCUT2D eigenvalue weighted by Crippen LogP contribution is 2.49. The number of benzene rings is 1. The Morgan fingerprint density at radius 1 is 1.24 bits per heavy atom. The van der Waals surface area contributed by atoms with E-state index in [9.17, 15) is 9.59 Å². The zero-order valence-electron chi connectivity index (χ0n) is 9.17. The van der Waals surface area contributed by atoms with Crippen molar-refractivity contribution in [2.75, 3.05) is 7.11 Å². The summed E-state index contributed by atoms with van der Waals surface area (Å²) in [6.07, 6.45) is -0.705. The van der Waals surface area contributed by atoms with Crippen molar-refractivity contribution in [2.45, 2.75) is 11.7 Å². The molecule has 90 valence electrons. The molecule has 1 heterocycles. The van der Waals surface area contributed by atoms with Crippen molar-refractivity contribution in [2.24, 2.45) is 11.5 Å². The van der Waals surface area contributed by atoms with Crippen LogP contribution in [0.2, 0.25) is 0 Å². The third kappa shape index (κ3) is 1.62. The number of carbonyl (C=O) groups excluding carboxylic acids is 2. The quantitative estimate of drug-likeness (QED) is 0.541. The zero-order chi connectivity index (χ0) is 12.6. The Morgan fingerprint density at radius 2 is 1.76 bits per heavy atom. The number of ether oxygens (including phenoxy) is 2. The van der Waals surface area contributed by atoms with Crippen LogP contribution in [0.1, 0.15) is 11.7 Å². The lowest BCUT2D eigenvalue weighted by Gasteiger charge is -2.04. The molecule has 6 heteroatoms. The van der Waals surface area contributed by atoms with Gasteiger partial charge in [-0.2, -0.15) is 0 Å². The first-order valence-corrected chi connectivity index (χ1v) is 4.94. The molecule has 1 saturated heterocycles. The molecule has 1 fully saturated rings. The third-order valence-electron chi connectivity index (χ3n) is 2.77. The van der Waals surface area contributed by atoms with Gasteiger partial charge >= 0.3 is 0 Å². The summed E-state index contributed by atoms with van der Waals surface area (Å²) >= 11 is 0. The molecule has 0 radical (unpaired) electrons. The highest BCUT2D eigenvalue weighted by Gasteiger charge is 2.67. The number of hydrogen-bond donors (Lipinski definition) is 2. The number of epoxide rings is 1. The van der Waals surface area contributed by atoms with Crippen molar-refractivity contribution >= 4 is 11.8 Å². The Hall–Kier alpha value is -2.08. The molecular formula is C11H12N2O4. The molecule has 1 aromatic rings. The maximum atomic E-state index is 11.2. The van der Waals surface area contributed by atoms with E-state index in [-0.39, 0.29) is 0 Å². The molecule has 0 unspecified atom stereocenters. The predicted octanol–water partition coefficient (Wildman–Crippen LogP) is -0.524. The summed E-state index contributed by atoms with van der Waals surface area (Å²) < 4.78 is 10.1. The van der Waals surface area contributed by atoms with Gasteiger partial charge in [0.15, 0.2) is 0 Å². The summed E-state index contributed by atoms with van der Waals surface area (Å²) in [4.78, 5) is 22.4. The van der Waals surface area contributed by atoms with Gasteiger partial charge in [-0.3, -0.25) is 9.59 Å². The molecule has 2 amide bonds. The fourth-order valence-corrected chi connectivity index (χ4v) is 1.73. The molecule has 2 rings (SSSR count). The van der Waals surface area contributed by atoms with Gasteiger partial charge in [0.2, 0.25) is 0 Å². The van der Waals surface area contributed by atoms with Gasteiger partial charge in [-0.1, -0.05) is 12.1 Å². The molecule has 1 aliphatic rings. The third-order valence-corrected chi connectivity index (χ3v) is 2.77. The van der Waals surface area contributed by atoms with E-state index in [1.165, 1.54) is 0 Å². The second kappa shape index (κ2) is 3.74. The Bertz CT molecular complexity index is 455. The molecule has 1 atom stereocenters. The first-order valence-electron chi connectivity index (χ1n) is 4.94. The molecule has 0 spiro atoms. The Kier molecular flexibility index (Phi) is 2.51. The van der Waals surface area contributed by atoms with Crippen molar-refractivity contribution < 1.29 is 19.1 Å². The predicted molar refractivity (Wildman–Crippen MR) is 57.9 cm³/mol. The lowest BCUT2D eigenvalue weighted by atomic mass is 9.98. The number of carbonyl (C=O) groups is 2. The largest absolute Gasteiger partial charge is 0.497 e. The van der Waals surface area contributed by atoms with Crippen molar-refractivity contribution in [3.05, 3.63) is 29.8 Å². The van der Waals surface area contributed by atoms with Crippen LogP contribution in [0.5, 0.6) is 5.75 Å². The minimum absolute atomic E-state index is 0.656. The van der Waals surface area contributed by atoms with Gasteiger partial charge in [0, 0.05) is 0 Å². The van der Waals surface area contributed by atoms with Crippen molar-refractivity contribution in [3.63, 3.8) is 0 Å². The molecule has 0 aromatic heterocycles. The lowest BCUT2D eigenvalue weighted by molar-refractivity contribution is -0.133. The van der Waals surface area contributed by atoms with E-state index in [0.29, 0.717) is 11.3 Å². The Morgan fingerprint density at radius 3 is 2.12 bits per heavy atom. The molecule has 1 aliphatic heterocycles. The molecule has 6 nitrogen and oxygen atoms in total. The summed E-state index contributed by atoms with van der Waals surface area (Å²) in [5.74, 6) is -1.07. The van der Waals surface area contributed by atoms with Crippen LogP contribution in [0.25, 0.3) is 0 Å². The van der Waals surface area contributed by atoms with Gasteiger partial charge in [-0.25, -0.2) is 0 Å². The minimum Gasteiger partial charge on any atom is -0.497 e. The SMILES string of the molecule is COc1ccc([C@H]2OC2(C(N)=O)C(N)=O)cc1. The summed E-state index contributed by atoms with van der Waals surface area (Å²) in [5.41, 5.74) is 9.21. The molecule has 0 bridgehead atoms. The second-order valence-corrected chi connectivity index (χ2v) is 3.74. The number of methoxy groups -OCH3 is 1. The molecular weight excluding hydrogens is 224 g/mol. The van der Waals surface area contributed by atoms with Gasteiger partial charge < -0.3 is 20.9 Å². The van der Waals surface area contributed by atoms with Crippen LogP contribution in [0.4, 0.5) is 0 Å². The standard InChI is InChI=1S/C11H12N2O4/c1-16-7-4-2-6(3-5-7)8-11(17-8,9(12)14)10(13)15/h2-5,8H,1H3,(H2,12,14)(H2,13,15)/t8-/m1/s1. The summed E-state index contributed by atoms with van der Waals surface area (Å²) in [6.45, 7) is 0. The Balaban J connectivity index is 2.26. The highest BCUT2D eigenvalue weighted by molar-refractivity contribution is 6.10. The molecule has 17 heavy (non-hydrogen) atoms. The Labute approximate surface area is 97.5 Å². The minimum atomic E-state index is -1.70. The van der Waals surface area contributed by atoms with Crippen LogP contribution in [0, 0.1) is 0 Å². The normalized spacial score (nSPS) is 20.6. The summed E-state index contributed by atoms with van der Waals surface area (Å²) in [6, 6.07) is 6.78. The van der Waals surface area contributed by atoms with Crippen molar-refractivity contribution in [3.8, 4) is 5.75 Å². The van der Waals surface area contributed by atoms with E-state index < -0.39 is 23.5 Å². The van der Waals surface area contributed by atoms with Gasteiger partial charge in [-0.15, -0.1) is 0 Å². The lowest BCUT2D eigenvalue weighted by Crippen LogP contribution is -2.44. The molecule has 0 aliphatic carbocycles. The van der Waals surface area contributed by atoms with Crippen molar-refractivity contribution in [1.29, 1.82) is 0 Å². The number of rotatable bonds is 4. The maximum Gasteiger partial charge on any atom is 0.262 e. The van der Waals surface area contributed by atoms with E-state index in [0.717, 1.165) is 0 Å². The van der Waals surface area contributed by atoms with E-state index >= 15 is 0 Å². The van der Waals surface area contributed by atoms with E-state index in [1.54, 1.807) is 31.4 Å². The molecule has 1 aromatic carbocycles.